The molecule has 2 heterocycles. The second-order valence-corrected chi connectivity index (χ2v) is 8.04. The summed E-state index contributed by atoms with van der Waals surface area (Å²) in [6.07, 6.45) is 3.76. The van der Waals surface area contributed by atoms with E-state index >= 15 is 0 Å². The molecule has 0 fully saturated rings. The number of carbonyl (C=O) groups excluding carboxylic acids is 1. The maximum atomic E-state index is 12.9. The largest absolute Gasteiger partial charge is 0.349 e. The highest BCUT2D eigenvalue weighted by Crippen LogP contribution is 2.27. The molecule has 2 aromatic heterocycles. The number of fused-ring (bicyclic) bond motifs is 1. The quantitative estimate of drug-likeness (QED) is 0.572. The number of aromatic nitrogens is 3. The summed E-state index contributed by atoms with van der Waals surface area (Å²) in [4.78, 5) is 19.1. The van der Waals surface area contributed by atoms with Crippen LogP contribution >= 0.6 is 0 Å². The normalized spacial score (nSPS) is 12.5. The van der Waals surface area contributed by atoms with Crippen molar-refractivity contribution in [3.63, 3.8) is 0 Å². The van der Waals surface area contributed by atoms with Gasteiger partial charge in [-0.25, -0.2) is 9.50 Å². The summed E-state index contributed by atoms with van der Waals surface area (Å²) in [5.41, 5.74) is 5.16. The maximum absolute atomic E-state index is 12.9. The lowest BCUT2D eigenvalue weighted by Crippen LogP contribution is -3.11. The smallest absolute Gasteiger partial charge is 0.254 e. The number of amides is 1. The highest BCUT2D eigenvalue weighted by atomic mass is 16.1. The Bertz CT molecular complexity index is 992. The molecule has 0 bridgehead atoms. The summed E-state index contributed by atoms with van der Waals surface area (Å²) >= 11 is 0. The van der Waals surface area contributed by atoms with E-state index in [0.717, 1.165) is 60.6 Å². The van der Waals surface area contributed by atoms with Gasteiger partial charge >= 0.3 is 0 Å². The Morgan fingerprint density at radius 2 is 1.87 bits per heavy atom. The maximum Gasteiger partial charge on any atom is 0.254 e. The Balaban J connectivity index is 1.75. The van der Waals surface area contributed by atoms with Gasteiger partial charge < -0.3 is 10.2 Å². The molecule has 2 N–H and O–H groups in total. The molecule has 3 rings (SSSR count). The van der Waals surface area contributed by atoms with E-state index in [0.29, 0.717) is 5.56 Å². The lowest BCUT2D eigenvalue weighted by molar-refractivity contribution is -0.896. The molecule has 1 amide bonds. The number of nitrogens with zero attached hydrogens (tertiary/aromatic N) is 3. The Hall–Kier alpha value is -2.73. The molecule has 0 aliphatic carbocycles. The number of carbonyl (C=O) groups is 1. The first-order valence-electron chi connectivity index (χ1n) is 11.0. The Morgan fingerprint density at radius 1 is 1.17 bits per heavy atom. The first-order chi connectivity index (χ1) is 14.5. The Kier molecular flexibility index (Phi) is 7.21. The van der Waals surface area contributed by atoms with Gasteiger partial charge in [-0.15, -0.1) is 0 Å². The van der Waals surface area contributed by atoms with Crippen molar-refractivity contribution in [3.05, 3.63) is 53.5 Å². The Labute approximate surface area is 179 Å². The zero-order valence-corrected chi connectivity index (χ0v) is 18.8. The van der Waals surface area contributed by atoms with E-state index < -0.39 is 0 Å². The topological polar surface area (TPSA) is 63.7 Å². The van der Waals surface area contributed by atoms with E-state index in [1.807, 2.05) is 32.0 Å². The lowest BCUT2D eigenvalue weighted by atomic mass is 10.1. The molecule has 0 aliphatic rings. The van der Waals surface area contributed by atoms with E-state index in [-0.39, 0.29) is 11.9 Å². The van der Waals surface area contributed by atoms with E-state index in [1.165, 1.54) is 0 Å². The molecule has 3 aromatic rings. The van der Waals surface area contributed by atoms with Crippen molar-refractivity contribution >= 4 is 11.6 Å². The minimum atomic E-state index is -0.0843. The molecule has 0 aliphatic heterocycles. The van der Waals surface area contributed by atoms with Crippen LogP contribution in [-0.2, 0) is 0 Å². The van der Waals surface area contributed by atoms with Gasteiger partial charge in [-0.1, -0.05) is 30.3 Å². The van der Waals surface area contributed by atoms with Crippen LogP contribution in [0.4, 0.5) is 0 Å². The fraction of sp³-hybridized carbons (Fsp3) is 0.458. The van der Waals surface area contributed by atoms with Gasteiger partial charge in [0.1, 0.15) is 0 Å². The highest BCUT2D eigenvalue weighted by Gasteiger charge is 2.19. The lowest BCUT2D eigenvalue weighted by Gasteiger charge is -2.18. The van der Waals surface area contributed by atoms with Crippen molar-refractivity contribution in [1.82, 2.24) is 19.9 Å². The third-order valence-electron chi connectivity index (χ3n) is 5.91. The first kappa shape index (κ1) is 22.0. The van der Waals surface area contributed by atoms with Crippen LogP contribution in [-0.4, -0.2) is 46.2 Å². The van der Waals surface area contributed by atoms with Crippen molar-refractivity contribution in [1.29, 1.82) is 0 Å². The van der Waals surface area contributed by atoms with Crippen LogP contribution in [0.1, 0.15) is 55.4 Å². The number of benzene rings is 1. The average molecular weight is 409 g/mol. The molecule has 0 unspecified atom stereocenters. The van der Waals surface area contributed by atoms with Gasteiger partial charge in [0.15, 0.2) is 5.65 Å². The molecule has 0 saturated heterocycles. The monoisotopic (exact) mass is 408 g/mol. The van der Waals surface area contributed by atoms with Gasteiger partial charge in [0.2, 0.25) is 0 Å². The second kappa shape index (κ2) is 9.85. The summed E-state index contributed by atoms with van der Waals surface area (Å²) in [5.74, 6) is -0.0843. The van der Waals surface area contributed by atoms with Crippen LogP contribution in [0.2, 0.25) is 0 Å². The molecule has 6 nitrogen and oxygen atoms in total. The third-order valence-corrected chi connectivity index (χ3v) is 5.91. The SMILES string of the molecule is CC[NH+](CC)CCC[C@H](C)NC(=O)c1cnc2c(-c3ccccc3)c(C)nn2c1C. The molecule has 160 valence electrons. The van der Waals surface area contributed by atoms with Crippen molar-refractivity contribution in [2.75, 3.05) is 19.6 Å². The number of hydrogen-bond acceptors (Lipinski definition) is 3. The molecule has 1 atom stereocenters. The molecule has 0 spiro atoms. The van der Waals surface area contributed by atoms with Crippen LogP contribution in [0.3, 0.4) is 0 Å². The van der Waals surface area contributed by atoms with E-state index in [1.54, 1.807) is 15.6 Å². The minimum Gasteiger partial charge on any atom is -0.349 e. The summed E-state index contributed by atoms with van der Waals surface area (Å²) < 4.78 is 1.79. The summed E-state index contributed by atoms with van der Waals surface area (Å²) in [6.45, 7) is 13.9. The Morgan fingerprint density at radius 3 is 2.53 bits per heavy atom. The van der Waals surface area contributed by atoms with Crippen LogP contribution in [0.25, 0.3) is 16.8 Å². The molecule has 30 heavy (non-hydrogen) atoms. The van der Waals surface area contributed by atoms with Gasteiger partial charge in [0, 0.05) is 17.8 Å². The predicted octanol–water partition coefficient (Wildman–Crippen LogP) is 2.84. The van der Waals surface area contributed by atoms with Gasteiger partial charge in [0.25, 0.3) is 5.91 Å². The van der Waals surface area contributed by atoms with Gasteiger partial charge in [-0.3, -0.25) is 4.79 Å². The van der Waals surface area contributed by atoms with Gasteiger partial charge in [-0.2, -0.15) is 5.10 Å². The zero-order valence-electron chi connectivity index (χ0n) is 18.8. The summed E-state index contributed by atoms with van der Waals surface area (Å²) in [7, 11) is 0. The van der Waals surface area contributed by atoms with Crippen LogP contribution in [0.15, 0.2) is 36.5 Å². The van der Waals surface area contributed by atoms with Gasteiger partial charge in [-0.05, 0) is 53.0 Å². The molecule has 6 heteroatoms. The van der Waals surface area contributed by atoms with Crippen molar-refractivity contribution in [2.24, 2.45) is 0 Å². The van der Waals surface area contributed by atoms with E-state index in [4.69, 9.17) is 0 Å². The molecule has 1 aromatic carbocycles. The average Bonchev–Trinajstić information content (AvgIpc) is 3.09. The van der Waals surface area contributed by atoms with Crippen LogP contribution in [0, 0.1) is 13.8 Å². The number of nitrogens with one attached hydrogen (secondary N) is 2. The second-order valence-electron chi connectivity index (χ2n) is 8.04. The molecule has 0 saturated carbocycles. The summed E-state index contributed by atoms with van der Waals surface area (Å²) in [5, 5.41) is 7.81. The number of aryl methyl sites for hydroxylation is 2. The minimum absolute atomic E-state index is 0.0843. The number of quaternary nitrogens is 1. The van der Waals surface area contributed by atoms with Crippen molar-refractivity contribution in [3.8, 4) is 11.1 Å². The van der Waals surface area contributed by atoms with E-state index in [2.05, 4.69) is 48.3 Å². The zero-order chi connectivity index (χ0) is 21.7. The van der Waals surface area contributed by atoms with E-state index in [9.17, 15) is 4.79 Å². The van der Waals surface area contributed by atoms with Crippen LogP contribution in [0.5, 0.6) is 0 Å². The van der Waals surface area contributed by atoms with Crippen LogP contribution < -0.4 is 10.2 Å². The summed E-state index contributed by atoms with van der Waals surface area (Å²) in [6, 6.07) is 10.3. The fourth-order valence-electron chi connectivity index (χ4n) is 4.00. The van der Waals surface area contributed by atoms with Crippen molar-refractivity contribution in [2.45, 2.75) is 53.5 Å². The van der Waals surface area contributed by atoms with Crippen molar-refractivity contribution < 1.29 is 9.69 Å². The predicted molar refractivity (Wildman–Crippen MR) is 121 cm³/mol. The fourth-order valence-corrected chi connectivity index (χ4v) is 4.00. The molecular weight excluding hydrogens is 374 g/mol. The molecular formula is C24H34N5O+. The number of rotatable bonds is 9. The number of hydrogen-bond donors (Lipinski definition) is 2. The van der Waals surface area contributed by atoms with Gasteiger partial charge in [0.05, 0.1) is 36.6 Å². The molecule has 0 radical (unpaired) electrons. The highest BCUT2D eigenvalue weighted by molar-refractivity contribution is 5.95. The standard InChI is InChI=1S/C24H33N5O/c1-6-28(7-2)15-11-12-17(3)26-24(30)21-16-25-23-22(20-13-9-8-10-14-20)18(4)27-29(23)19(21)5/h8-10,13-14,16-17H,6-7,11-12,15H2,1-5H3,(H,26,30)/p+1/t17-/m0/s1. The first-order valence-corrected chi connectivity index (χ1v) is 11.0. The third kappa shape index (κ3) is 4.70.